The van der Waals surface area contributed by atoms with Gasteiger partial charge in [0.2, 0.25) is 0 Å². The van der Waals surface area contributed by atoms with E-state index in [1.54, 1.807) is 12.1 Å². The van der Waals surface area contributed by atoms with Gasteiger partial charge >= 0.3 is 0 Å². The zero-order valence-electron chi connectivity index (χ0n) is 12.0. The summed E-state index contributed by atoms with van der Waals surface area (Å²) >= 11 is 4.35. The minimum atomic E-state index is -0.544. The molecular formula is C15H9BrN4O3S. The minimum Gasteiger partial charge on any atom is -0.322 e. The molecule has 120 valence electrons. The van der Waals surface area contributed by atoms with Crippen molar-refractivity contribution in [2.45, 2.75) is 0 Å². The van der Waals surface area contributed by atoms with Gasteiger partial charge in [0.1, 0.15) is 5.69 Å². The maximum absolute atomic E-state index is 12.2. The van der Waals surface area contributed by atoms with Crippen LogP contribution in [0.2, 0.25) is 0 Å². The van der Waals surface area contributed by atoms with Crippen molar-refractivity contribution in [1.82, 2.24) is 9.59 Å². The highest BCUT2D eigenvalue weighted by Crippen LogP contribution is 2.26. The van der Waals surface area contributed by atoms with Gasteiger partial charge in [-0.3, -0.25) is 14.9 Å². The molecule has 1 N–H and O–H groups in total. The zero-order valence-corrected chi connectivity index (χ0v) is 14.4. The molecule has 24 heavy (non-hydrogen) atoms. The molecule has 0 aliphatic heterocycles. The molecule has 0 unspecified atom stereocenters. The van der Waals surface area contributed by atoms with Crippen LogP contribution in [-0.2, 0) is 0 Å². The first kappa shape index (κ1) is 16.2. The predicted octanol–water partition coefficient (Wildman–Crippen LogP) is 4.13. The van der Waals surface area contributed by atoms with Crippen LogP contribution in [0, 0.1) is 10.1 Å². The quantitative estimate of drug-likeness (QED) is 0.520. The Morgan fingerprint density at radius 3 is 2.58 bits per heavy atom. The van der Waals surface area contributed by atoms with E-state index < -0.39 is 10.8 Å². The second-order valence-electron chi connectivity index (χ2n) is 4.74. The molecule has 1 aromatic heterocycles. The largest absolute Gasteiger partial charge is 0.322 e. The SMILES string of the molecule is O=C(Nc1ccc(-c2csnn2)cc1)c1ccc(Br)c([N+](=O)[O-])c1. The fraction of sp³-hybridized carbons (Fsp3) is 0. The van der Waals surface area contributed by atoms with Crippen molar-refractivity contribution in [1.29, 1.82) is 0 Å². The second-order valence-corrected chi connectivity index (χ2v) is 6.21. The van der Waals surface area contributed by atoms with E-state index in [9.17, 15) is 14.9 Å². The van der Waals surface area contributed by atoms with Crippen molar-refractivity contribution in [2.75, 3.05) is 5.32 Å². The molecule has 2 aromatic carbocycles. The Morgan fingerprint density at radius 2 is 1.96 bits per heavy atom. The Labute approximate surface area is 148 Å². The average molecular weight is 405 g/mol. The first-order chi connectivity index (χ1) is 11.5. The molecule has 0 atom stereocenters. The van der Waals surface area contributed by atoms with Gasteiger partial charge in [0.25, 0.3) is 11.6 Å². The Balaban J connectivity index is 1.77. The molecule has 1 heterocycles. The third-order valence-corrected chi connectivity index (χ3v) is 4.38. The van der Waals surface area contributed by atoms with E-state index in [1.165, 1.54) is 29.7 Å². The lowest BCUT2D eigenvalue weighted by atomic mass is 10.1. The average Bonchev–Trinajstić information content (AvgIpc) is 3.10. The number of nitrogens with one attached hydrogen (secondary N) is 1. The fourth-order valence-corrected chi connectivity index (χ4v) is 2.87. The van der Waals surface area contributed by atoms with Gasteiger partial charge in [-0.15, -0.1) is 5.10 Å². The lowest BCUT2D eigenvalue weighted by Gasteiger charge is -2.06. The number of amides is 1. The molecule has 0 saturated carbocycles. The van der Waals surface area contributed by atoms with E-state index in [4.69, 9.17) is 0 Å². The maximum atomic E-state index is 12.2. The van der Waals surface area contributed by atoms with E-state index in [0.29, 0.717) is 10.2 Å². The number of nitro benzene ring substituents is 1. The van der Waals surface area contributed by atoms with Crippen LogP contribution < -0.4 is 5.32 Å². The lowest BCUT2D eigenvalue weighted by Crippen LogP contribution is -2.12. The van der Waals surface area contributed by atoms with Gasteiger partial charge in [-0.2, -0.15) is 0 Å². The zero-order chi connectivity index (χ0) is 17.1. The molecule has 0 aliphatic carbocycles. The maximum Gasteiger partial charge on any atom is 0.284 e. The molecule has 0 radical (unpaired) electrons. The molecule has 7 nitrogen and oxygen atoms in total. The summed E-state index contributed by atoms with van der Waals surface area (Å²) in [5.41, 5.74) is 2.28. The number of aromatic nitrogens is 2. The van der Waals surface area contributed by atoms with Gasteiger partial charge in [0.15, 0.2) is 0 Å². The van der Waals surface area contributed by atoms with Crippen LogP contribution in [0.4, 0.5) is 11.4 Å². The Morgan fingerprint density at radius 1 is 1.21 bits per heavy atom. The highest BCUT2D eigenvalue weighted by molar-refractivity contribution is 9.10. The number of anilines is 1. The summed E-state index contributed by atoms with van der Waals surface area (Å²) in [5.74, 6) is -0.423. The molecule has 0 bridgehead atoms. The van der Waals surface area contributed by atoms with Gasteiger partial charge in [0.05, 0.1) is 9.40 Å². The summed E-state index contributed by atoms with van der Waals surface area (Å²) in [4.78, 5) is 22.6. The van der Waals surface area contributed by atoms with Crippen molar-refractivity contribution in [3.05, 3.63) is 68.0 Å². The van der Waals surface area contributed by atoms with Gasteiger partial charge < -0.3 is 5.32 Å². The molecule has 0 saturated heterocycles. The monoisotopic (exact) mass is 404 g/mol. The second kappa shape index (κ2) is 6.85. The number of benzene rings is 2. The number of hydrogen-bond donors (Lipinski definition) is 1. The van der Waals surface area contributed by atoms with Crippen LogP contribution in [0.5, 0.6) is 0 Å². The number of halogens is 1. The number of carbonyl (C=O) groups is 1. The smallest absolute Gasteiger partial charge is 0.284 e. The predicted molar refractivity (Wildman–Crippen MR) is 94.1 cm³/mol. The van der Waals surface area contributed by atoms with Crippen molar-refractivity contribution >= 4 is 44.7 Å². The summed E-state index contributed by atoms with van der Waals surface area (Å²) in [6.07, 6.45) is 0. The molecule has 0 aliphatic rings. The molecular weight excluding hydrogens is 396 g/mol. The first-order valence-corrected chi connectivity index (χ1v) is 8.30. The van der Waals surface area contributed by atoms with E-state index in [2.05, 4.69) is 30.8 Å². The number of rotatable bonds is 4. The van der Waals surface area contributed by atoms with Gasteiger partial charge in [0, 0.05) is 28.3 Å². The summed E-state index contributed by atoms with van der Waals surface area (Å²) in [6, 6.07) is 11.3. The normalized spacial score (nSPS) is 10.4. The third-order valence-electron chi connectivity index (χ3n) is 3.20. The van der Waals surface area contributed by atoms with Crippen LogP contribution in [0.25, 0.3) is 11.3 Å². The topological polar surface area (TPSA) is 98.0 Å². The van der Waals surface area contributed by atoms with Crippen molar-refractivity contribution in [3.8, 4) is 11.3 Å². The van der Waals surface area contributed by atoms with Gasteiger partial charge in [-0.1, -0.05) is 16.6 Å². The van der Waals surface area contributed by atoms with E-state index >= 15 is 0 Å². The van der Waals surface area contributed by atoms with Crippen LogP contribution >= 0.6 is 27.5 Å². The van der Waals surface area contributed by atoms with Gasteiger partial charge in [-0.05, 0) is 51.7 Å². The van der Waals surface area contributed by atoms with Crippen molar-refractivity contribution in [2.24, 2.45) is 0 Å². The van der Waals surface area contributed by atoms with E-state index in [-0.39, 0.29) is 11.3 Å². The van der Waals surface area contributed by atoms with Crippen molar-refractivity contribution in [3.63, 3.8) is 0 Å². The standard InChI is InChI=1S/C15H9BrN4O3S/c16-12-6-3-10(7-14(12)20(22)23)15(21)17-11-4-1-9(2-5-11)13-8-24-19-18-13/h1-8H,(H,17,21). The van der Waals surface area contributed by atoms with E-state index in [1.807, 2.05) is 17.5 Å². The van der Waals surface area contributed by atoms with Crippen LogP contribution in [0.15, 0.2) is 52.3 Å². The molecule has 1 amide bonds. The van der Waals surface area contributed by atoms with Gasteiger partial charge in [-0.25, -0.2) is 0 Å². The number of nitro groups is 1. The summed E-state index contributed by atoms with van der Waals surface area (Å²) in [6.45, 7) is 0. The van der Waals surface area contributed by atoms with Crippen LogP contribution in [0.1, 0.15) is 10.4 Å². The molecule has 0 spiro atoms. The van der Waals surface area contributed by atoms with Crippen molar-refractivity contribution < 1.29 is 9.72 Å². The number of carbonyl (C=O) groups excluding carboxylic acids is 1. The fourth-order valence-electron chi connectivity index (χ4n) is 2.01. The summed E-state index contributed by atoms with van der Waals surface area (Å²) < 4.78 is 4.13. The Kier molecular flexibility index (Phi) is 4.63. The lowest BCUT2D eigenvalue weighted by molar-refractivity contribution is -0.385. The highest BCUT2D eigenvalue weighted by atomic mass is 79.9. The Hall–Kier alpha value is -2.65. The molecule has 0 fully saturated rings. The molecule has 3 aromatic rings. The number of nitrogens with zero attached hydrogens (tertiary/aromatic N) is 3. The van der Waals surface area contributed by atoms with Crippen LogP contribution in [-0.4, -0.2) is 20.4 Å². The minimum absolute atomic E-state index is 0.158. The highest BCUT2D eigenvalue weighted by Gasteiger charge is 2.16. The first-order valence-electron chi connectivity index (χ1n) is 6.67. The Bertz CT molecular complexity index is 898. The van der Waals surface area contributed by atoms with E-state index in [0.717, 1.165) is 11.3 Å². The summed E-state index contributed by atoms with van der Waals surface area (Å²) in [5, 5.41) is 19.4. The van der Waals surface area contributed by atoms with Crippen LogP contribution in [0.3, 0.4) is 0 Å². The summed E-state index contributed by atoms with van der Waals surface area (Å²) in [7, 11) is 0. The third kappa shape index (κ3) is 3.47. The molecule has 9 heteroatoms. The molecule has 3 rings (SSSR count). The number of hydrogen-bond acceptors (Lipinski definition) is 6.